The maximum Gasteiger partial charge on any atom is 0.258 e. The molecule has 0 amide bonds. The molecule has 0 radical (unpaired) electrons. The molecule has 5 nitrogen and oxygen atoms in total. The molecular weight excluding hydrogens is 248 g/mol. The van der Waals surface area contributed by atoms with E-state index in [9.17, 15) is 0 Å². The average molecular weight is 264 g/mol. The van der Waals surface area contributed by atoms with E-state index in [2.05, 4.69) is 27.7 Å². The third kappa shape index (κ3) is 2.45. The largest absolute Gasteiger partial charge is 0.334 e. The SMILES string of the molecule is CC1(NCc2noc(-c3ccsc3)n2)CCNC1. The maximum atomic E-state index is 5.25. The Hall–Kier alpha value is -1.24. The van der Waals surface area contributed by atoms with Crippen LogP contribution in [0.5, 0.6) is 0 Å². The molecule has 0 bridgehead atoms. The molecule has 1 atom stereocenters. The number of thiophene rings is 1. The molecule has 18 heavy (non-hydrogen) atoms. The number of rotatable bonds is 4. The van der Waals surface area contributed by atoms with E-state index >= 15 is 0 Å². The van der Waals surface area contributed by atoms with Gasteiger partial charge < -0.3 is 15.2 Å². The Labute approximate surface area is 110 Å². The second-order valence-corrected chi connectivity index (χ2v) is 5.65. The lowest BCUT2D eigenvalue weighted by Crippen LogP contribution is -2.43. The summed E-state index contributed by atoms with van der Waals surface area (Å²) in [5.41, 5.74) is 1.14. The van der Waals surface area contributed by atoms with E-state index in [1.54, 1.807) is 11.3 Å². The van der Waals surface area contributed by atoms with Gasteiger partial charge in [-0.2, -0.15) is 16.3 Å². The third-order valence-corrected chi connectivity index (χ3v) is 3.96. The van der Waals surface area contributed by atoms with Crippen molar-refractivity contribution in [2.75, 3.05) is 13.1 Å². The van der Waals surface area contributed by atoms with Crippen molar-refractivity contribution in [2.45, 2.75) is 25.4 Å². The van der Waals surface area contributed by atoms with Gasteiger partial charge in [-0.15, -0.1) is 0 Å². The zero-order valence-electron chi connectivity index (χ0n) is 10.3. The molecule has 2 aromatic heterocycles. The molecule has 0 saturated carbocycles. The molecule has 0 aliphatic carbocycles. The fourth-order valence-corrected chi connectivity index (χ4v) is 2.72. The molecule has 96 valence electrons. The zero-order valence-corrected chi connectivity index (χ0v) is 11.1. The van der Waals surface area contributed by atoms with Crippen LogP contribution in [0.3, 0.4) is 0 Å². The Morgan fingerprint density at radius 1 is 1.61 bits per heavy atom. The minimum absolute atomic E-state index is 0.142. The summed E-state index contributed by atoms with van der Waals surface area (Å²) in [5, 5.41) is 14.8. The summed E-state index contributed by atoms with van der Waals surface area (Å²) in [4.78, 5) is 4.39. The van der Waals surface area contributed by atoms with E-state index in [0.29, 0.717) is 18.3 Å². The number of aromatic nitrogens is 2. The van der Waals surface area contributed by atoms with Crippen LogP contribution in [-0.2, 0) is 6.54 Å². The molecule has 1 aliphatic heterocycles. The minimum Gasteiger partial charge on any atom is -0.334 e. The highest BCUT2D eigenvalue weighted by atomic mass is 32.1. The van der Waals surface area contributed by atoms with Gasteiger partial charge in [0.15, 0.2) is 5.82 Å². The van der Waals surface area contributed by atoms with Gasteiger partial charge in [-0.1, -0.05) is 5.16 Å². The van der Waals surface area contributed by atoms with Crippen LogP contribution in [0.25, 0.3) is 11.5 Å². The minimum atomic E-state index is 0.142. The summed E-state index contributed by atoms with van der Waals surface area (Å²) >= 11 is 1.63. The Balaban J connectivity index is 1.64. The molecule has 0 spiro atoms. The molecule has 6 heteroatoms. The highest BCUT2D eigenvalue weighted by Gasteiger charge is 2.28. The van der Waals surface area contributed by atoms with Crippen molar-refractivity contribution in [3.8, 4) is 11.5 Å². The molecule has 3 rings (SSSR count). The van der Waals surface area contributed by atoms with Crippen LogP contribution >= 0.6 is 11.3 Å². The topological polar surface area (TPSA) is 63.0 Å². The van der Waals surface area contributed by atoms with Gasteiger partial charge in [-0.25, -0.2) is 0 Å². The lowest BCUT2D eigenvalue weighted by Gasteiger charge is -2.23. The van der Waals surface area contributed by atoms with E-state index in [-0.39, 0.29) is 5.54 Å². The van der Waals surface area contributed by atoms with Crippen molar-refractivity contribution < 1.29 is 4.52 Å². The standard InChI is InChI=1S/C12H16N4OS/c1-12(3-4-13-8-12)14-6-10-15-11(17-16-10)9-2-5-18-7-9/h2,5,7,13-14H,3-4,6,8H2,1H3. The number of nitrogens with one attached hydrogen (secondary N) is 2. The van der Waals surface area contributed by atoms with E-state index in [0.717, 1.165) is 25.1 Å². The van der Waals surface area contributed by atoms with Crippen molar-refractivity contribution in [3.05, 3.63) is 22.7 Å². The number of nitrogens with zero attached hydrogens (tertiary/aromatic N) is 2. The van der Waals surface area contributed by atoms with Crippen LogP contribution in [0.15, 0.2) is 21.3 Å². The molecular formula is C12H16N4OS. The molecule has 1 fully saturated rings. The highest BCUT2D eigenvalue weighted by Crippen LogP contribution is 2.20. The van der Waals surface area contributed by atoms with E-state index in [4.69, 9.17) is 4.52 Å². The van der Waals surface area contributed by atoms with Gasteiger partial charge in [0.25, 0.3) is 5.89 Å². The maximum absolute atomic E-state index is 5.25. The van der Waals surface area contributed by atoms with Crippen LogP contribution in [0.1, 0.15) is 19.2 Å². The fourth-order valence-electron chi connectivity index (χ4n) is 2.09. The summed E-state index contributed by atoms with van der Waals surface area (Å²) in [5.74, 6) is 1.31. The molecule has 2 aromatic rings. The first-order valence-electron chi connectivity index (χ1n) is 6.06. The zero-order chi connectivity index (χ0) is 12.4. The van der Waals surface area contributed by atoms with Crippen LogP contribution < -0.4 is 10.6 Å². The average Bonchev–Trinajstić information content (AvgIpc) is 3.08. The molecule has 0 aromatic carbocycles. The van der Waals surface area contributed by atoms with E-state index < -0.39 is 0 Å². The van der Waals surface area contributed by atoms with Crippen LogP contribution in [0, 0.1) is 0 Å². The Morgan fingerprint density at radius 3 is 3.28 bits per heavy atom. The first kappa shape index (κ1) is 11.8. The third-order valence-electron chi connectivity index (χ3n) is 3.28. The molecule has 1 unspecified atom stereocenters. The smallest absolute Gasteiger partial charge is 0.258 e. The van der Waals surface area contributed by atoms with Gasteiger partial charge in [0.1, 0.15) is 0 Å². The summed E-state index contributed by atoms with van der Waals surface area (Å²) in [6, 6.07) is 1.98. The predicted molar refractivity (Wildman–Crippen MR) is 70.3 cm³/mol. The van der Waals surface area contributed by atoms with Gasteiger partial charge >= 0.3 is 0 Å². The number of hydrogen-bond donors (Lipinski definition) is 2. The molecule has 3 heterocycles. The van der Waals surface area contributed by atoms with E-state index in [1.165, 1.54) is 0 Å². The quantitative estimate of drug-likeness (QED) is 0.879. The summed E-state index contributed by atoms with van der Waals surface area (Å²) in [7, 11) is 0. The molecule has 2 N–H and O–H groups in total. The summed E-state index contributed by atoms with van der Waals surface area (Å²) < 4.78 is 5.25. The Morgan fingerprint density at radius 2 is 2.56 bits per heavy atom. The Bertz CT molecular complexity index is 502. The van der Waals surface area contributed by atoms with Crippen molar-refractivity contribution in [1.82, 2.24) is 20.8 Å². The van der Waals surface area contributed by atoms with Gasteiger partial charge in [-0.3, -0.25) is 0 Å². The van der Waals surface area contributed by atoms with Gasteiger partial charge in [0.05, 0.1) is 12.1 Å². The summed E-state index contributed by atoms with van der Waals surface area (Å²) in [6.07, 6.45) is 1.13. The van der Waals surface area contributed by atoms with Gasteiger partial charge in [-0.05, 0) is 31.3 Å². The second kappa shape index (κ2) is 4.79. The lowest BCUT2D eigenvalue weighted by atomic mass is 10.0. The van der Waals surface area contributed by atoms with Gasteiger partial charge in [0, 0.05) is 17.5 Å². The highest BCUT2D eigenvalue weighted by molar-refractivity contribution is 7.08. The molecule has 1 saturated heterocycles. The van der Waals surface area contributed by atoms with Crippen LogP contribution in [0.4, 0.5) is 0 Å². The van der Waals surface area contributed by atoms with Crippen molar-refractivity contribution >= 4 is 11.3 Å². The summed E-state index contributed by atoms with van der Waals surface area (Å²) in [6.45, 7) is 4.91. The van der Waals surface area contributed by atoms with Crippen molar-refractivity contribution in [1.29, 1.82) is 0 Å². The fraction of sp³-hybridized carbons (Fsp3) is 0.500. The second-order valence-electron chi connectivity index (χ2n) is 4.87. The van der Waals surface area contributed by atoms with E-state index in [1.807, 2.05) is 16.8 Å². The molecule has 1 aliphatic rings. The first-order chi connectivity index (χ1) is 8.75. The predicted octanol–water partition coefficient (Wildman–Crippen LogP) is 1.64. The first-order valence-corrected chi connectivity index (χ1v) is 7.00. The van der Waals surface area contributed by atoms with Crippen LogP contribution in [0.2, 0.25) is 0 Å². The normalized spacial score (nSPS) is 23.6. The monoisotopic (exact) mass is 264 g/mol. The lowest BCUT2D eigenvalue weighted by molar-refractivity contribution is 0.369. The van der Waals surface area contributed by atoms with Crippen molar-refractivity contribution in [2.24, 2.45) is 0 Å². The van der Waals surface area contributed by atoms with Crippen LogP contribution in [-0.4, -0.2) is 28.8 Å². The number of hydrogen-bond acceptors (Lipinski definition) is 6. The van der Waals surface area contributed by atoms with Crippen molar-refractivity contribution in [3.63, 3.8) is 0 Å². The van der Waals surface area contributed by atoms with Gasteiger partial charge in [0.2, 0.25) is 0 Å². The Kier molecular flexibility index (Phi) is 3.15.